The average Bonchev–Trinajstić information content (AvgIpc) is 3.80. The normalized spacial score (nSPS) is 17.0. The lowest BCUT2D eigenvalue weighted by molar-refractivity contribution is 1.17. The van der Waals surface area contributed by atoms with Crippen molar-refractivity contribution in [3.63, 3.8) is 0 Å². The molecule has 0 unspecified atom stereocenters. The SMILES string of the molecule is [2H]c1c([2H])c([2H])c(-c2cccc(-c3cccc(-n4c5ccc(-n6c7c([2H])c([2H])c([2H])c([2H])c7c7c([2H])c([2H])c([2H])c([2H])c76)cc5c5c([2H])c([2H])c([2H])c([2H])c54)c3)c2)c([2H])c1[2H]. The number of rotatable bonds is 4. The number of hydrogen-bond acceptors (Lipinski definition) is 0. The molecule has 9 aromatic rings. The number of fused-ring (bicyclic) bond motifs is 6. The number of benzene rings is 7. The number of nitrogens with zero attached hydrogens (tertiary/aromatic N) is 2. The van der Waals surface area contributed by atoms with E-state index in [9.17, 15) is 0 Å². The van der Waals surface area contributed by atoms with Crippen molar-refractivity contribution in [2.24, 2.45) is 0 Å². The Hall–Kier alpha value is -5.86. The van der Waals surface area contributed by atoms with E-state index in [1.165, 1.54) is 4.57 Å². The number of hydrogen-bond donors (Lipinski definition) is 0. The lowest BCUT2D eigenvalue weighted by Crippen LogP contribution is -1.96. The summed E-state index contributed by atoms with van der Waals surface area (Å²) in [7, 11) is 0. The molecule has 0 N–H and O–H groups in total. The van der Waals surface area contributed by atoms with Crippen LogP contribution in [0.5, 0.6) is 0 Å². The van der Waals surface area contributed by atoms with Gasteiger partial charge in [-0.2, -0.15) is 0 Å². The Kier molecular flexibility index (Phi) is 2.96. The van der Waals surface area contributed by atoms with E-state index in [1.54, 1.807) is 71.3 Å². The Bertz CT molecular complexity index is 3350. The second-order valence-corrected chi connectivity index (χ2v) is 10.2. The van der Waals surface area contributed by atoms with Crippen LogP contribution in [-0.4, -0.2) is 9.13 Å². The second-order valence-electron chi connectivity index (χ2n) is 10.2. The maximum atomic E-state index is 9.11. The summed E-state index contributed by atoms with van der Waals surface area (Å²) in [5.41, 5.74) is 2.69. The quantitative estimate of drug-likeness (QED) is 0.197. The molecule has 0 saturated carbocycles. The van der Waals surface area contributed by atoms with Crippen LogP contribution < -0.4 is 0 Å². The van der Waals surface area contributed by atoms with E-state index in [-0.39, 0.29) is 68.1 Å². The first-order valence-electron chi connectivity index (χ1n) is 22.2. The molecule has 2 heterocycles. The summed E-state index contributed by atoms with van der Waals surface area (Å²) in [6.45, 7) is 0. The van der Waals surface area contributed by atoms with Crippen molar-refractivity contribution in [3.8, 4) is 33.6 Å². The molecule has 0 aliphatic heterocycles. The van der Waals surface area contributed by atoms with E-state index in [4.69, 9.17) is 23.3 Å². The van der Waals surface area contributed by atoms with Crippen LogP contribution >= 0.6 is 0 Å². The summed E-state index contributed by atoms with van der Waals surface area (Å²) >= 11 is 0. The summed E-state index contributed by atoms with van der Waals surface area (Å²) < 4.78 is 149. The lowest BCUT2D eigenvalue weighted by Gasteiger charge is -2.12. The summed E-state index contributed by atoms with van der Waals surface area (Å²) in [6.07, 6.45) is 0. The second kappa shape index (κ2) is 9.86. The summed E-state index contributed by atoms with van der Waals surface area (Å²) in [5.74, 6) is 0. The van der Waals surface area contributed by atoms with Gasteiger partial charge < -0.3 is 9.13 Å². The van der Waals surface area contributed by atoms with Gasteiger partial charge >= 0.3 is 0 Å². The van der Waals surface area contributed by atoms with Gasteiger partial charge in [0.05, 0.1) is 45.4 Å². The lowest BCUT2D eigenvalue weighted by atomic mass is 9.99. The molecule has 0 aliphatic rings. The molecule has 7 aromatic carbocycles. The zero-order valence-corrected chi connectivity index (χ0v) is 22.7. The molecule has 0 spiro atoms. The van der Waals surface area contributed by atoms with Gasteiger partial charge in [0.2, 0.25) is 0 Å². The molecule has 0 amide bonds. The Morgan fingerprint density at radius 3 is 1.48 bits per heavy atom. The zero-order chi connectivity index (χ0) is 43.8. The molecular weight excluding hydrogens is 532 g/mol. The van der Waals surface area contributed by atoms with Crippen molar-refractivity contribution in [1.29, 1.82) is 0 Å². The first-order chi connectivity index (χ1) is 28.9. The standard InChI is InChI=1S/C42H28N2/c1-2-12-29(13-3-1)30-14-10-15-31(26-30)32-16-11-17-33(27-32)43-41-23-9-6-20-37(41)38-28-34(24-25-42(38)43)44-39-21-7-4-18-35(39)36-19-5-8-22-40(36)44/h1-28H/i1D,2D,3D,4D,5D,6D,7D,8D,9D,12D,13D,18D,19D,20D,21D,22D,23D. The molecule has 44 heavy (non-hydrogen) atoms. The van der Waals surface area contributed by atoms with Crippen LogP contribution in [0.15, 0.2) is 169 Å². The number of aromatic nitrogens is 2. The first-order valence-corrected chi connectivity index (χ1v) is 13.7. The van der Waals surface area contributed by atoms with Gasteiger partial charge in [-0.1, -0.05) is 115 Å². The first kappa shape index (κ1) is 13.2. The minimum atomic E-state index is -0.582. The molecule has 2 heteroatoms. The highest BCUT2D eigenvalue weighted by atomic mass is 15.0. The van der Waals surface area contributed by atoms with Crippen molar-refractivity contribution < 1.29 is 23.3 Å². The van der Waals surface area contributed by atoms with Gasteiger partial charge in [0.25, 0.3) is 0 Å². The predicted octanol–water partition coefficient (Wildman–Crippen LogP) is 11.2. The van der Waals surface area contributed by atoms with Crippen molar-refractivity contribution in [1.82, 2.24) is 9.13 Å². The van der Waals surface area contributed by atoms with E-state index < -0.39 is 78.6 Å². The van der Waals surface area contributed by atoms with Crippen LogP contribution in [0.25, 0.3) is 77.2 Å². The Morgan fingerprint density at radius 2 is 0.818 bits per heavy atom. The monoisotopic (exact) mass is 577 g/mol. The maximum Gasteiger partial charge on any atom is 0.0645 e. The number of para-hydroxylation sites is 3. The Balaban J connectivity index is 1.33. The fourth-order valence-electron chi connectivity index (χ4n) is 5.87. The molecule has 2 nitrogen and oxygen atoms in total. The van der Waals surface area contributed by atoms with Crippen LogP contribution in [0.3, 0.4) is 0 Å². The molecule has 0 radical (unpaired) electrons. The van der Waals surface area contributed by atoms with Gasteiger partial charge in [0, 0.05) is 32.9 Å². The smallest absolute Gasteiger partial charge is 0.0645 e. The Morgan fingerprint density at radius 1 is 0.341 bits per heavy atom. The van der Waals surface area contributed by atoms with E-state index in [0.717, 1.165) is 0 Å². The van der Waals surface area contributed by atoms with Gasteiger partial charge in [-0.05, 0) is 76.8 Å². The highest BCUT2D eigenvalue weighted by Crippen LogP contribution is 2.37. The van der Waals surface area contributed by atoms with Crippen molar-refractivity contribution in [2.45, 2.75) is 0 Å². The third kappa shape index (κ3) is 3.82. The fourth-order valence-corrected chi connectivity index (χ4v) is 5.87. The van der Waals surface area contributed by atoms with Crippen LogP contribution in [0.4, 0.5) is 0 Å². The molecular formula is C42H28N2. The Labute approximate surface area is 279 Å². The van der Waals surface area contributed by atoms with E-state index in [2.05, 4.69) is 0 Å². The van der Waals surface area contributed by atoms with Crippen molar-refractivity contribution >= 4 is 43.6 Å². The molecule has 206 valence electrons. The minimum Gasteiger partial charge on any atom is -0.309 e. The molecule has 0 atom stereocenters. The molecule has 0 saturated heterocycles. The summed E-state index contributed by atoms with van der Waals surface area (Å²) in [5, 5.41) is 0.223. The van der Waals surface area contributed by atoms with E-state index in [1.807, 2.05) is 0 Å². The maximum absolute atomic E-state index is 9.11. The fraction of sp³-hybridized carbons (Fsp3) is 0. The summed E-state index contributed by atoms with van der Waals surface area (Å²) in [4.78, 5) is 0. The van der Waals surface area contributed by atoms with Gasteiger partial charge in [-0.3, -0.25) is 0 Å². The van der Waals surface area contributed by atoms with E-state index in [0.29, 0.717) is 33.3 Å². The van der Waals surface area contributed by atoms with Crippen LogP contribution in [-0.2, 0) is 0 Å². The van der Waals surface area contributed by atoms with Gasteiger partial charge in [-0.15, -0.1) is 0 Å². The largest absolute Gasteiger partial charge is 0.309 e. The van der Waals surface area contributed by atoms with Gasteiger partial charge in [-0.25, -0.2) is 0 Å². The molecule has 0 aliphatic carbocycles. The third-order valence-corrected chi connectivity index (χ3v) is 7.76. The predicted molar refractivity (Wildman–Crippen MR) is 186 cm³/mol. The van der Waals surface area contributed by atoms with Crippen LogP contribution in [0.1, 0.15) is 23.3 Å². The summed E-state index contributed by atoms with van der Waals surface area (Å²) in [6, 6.07) is 10.6. The van der Waals surface area contributed by atoms with Crippen LogP contribution in [0, 0.1) is 0 Å². The van der Waals surface area contributed by atoms with Gasteiger partial charge in [0.1, 0.15) is 0 Å². The van der Waals surface area contributed by atoms with Crippen LogP contribution in [0.2, 0.25) is 0 Å². The molecule has 9 rings (SSSR count). The third-order valence-electron chi connectivity index (χ3n) is 7.76. The van der Waals surface area contributed by atoms with Crippen molar-refractivity contribution in [3.05, 3.63) is 169 Å². The highest BCUT2D eigenvalue weighted by molar-refractivity contribution is 6.12. The average molecular weight is 578 g/mol. The highest BCUT2D eigenvalue weighted by Gasteiger charge is 2.16. The van der Waals surface area contributed by atoms with E-state index >= 15 is 0 Å². The molecule has 0 bridgehead atoms. The topological polar surface area (TPSA) is 9.86 Å². The zero-order valence-electron chi connectivity index (χ0n) is 39.7. The minimum absolute atomic E-state index is 0.0348. The molecule has 2 aromatic heterocycles. The molecule has 0 fully saturated rings. The van der Waals surface area contributed by atoms with Gasteiger partial charge in [0.15, 0.2) is 0 Å². The van der Waals surface area contributed by atoms with Crippen molar-refractivity contribution in [2.75, 3.05) is 0 Å².